The number of anilines is 1. The van der Waals surface area contributed by atoms with Crippen LogP contribution in [0, 0.1) is 0 Å². The largest absolute Gasteiger partial charge is 0.472 e. The van der Waals surface area contributed by atoms with E-state index in [0.29, 0.717) is 24.8 Å². The van der Waals surface area contributed by atoms with Crippen LogP contribution >= 0.6 is 0 Å². The molecule has 1 atom stereocenters. The van der Waals surface area contributed by atoms with E-state index in [1.807, 2.05) is 30.3 Å². The van der Waals surface area contributed by atoms with Gasteiger partial charge in [-0.25, -0.2) is 0 Å². The molecule has 1 aromatic heterocycles. The molecule has 0 aliphatic carbocycles. The lowest BCUT2D eigenvalue weighted by molar-refractivity contribution is 0.208. The van der Waals surface area contributed by atoms with Gasteiger partial charge in [0.2, 0.25) is 5.88 Å². The number of aliphatic hydroxyl groups excluding tert-OH is 1. The number of benzene rings is 1. The molecule has 5 heteroatoms. The van der Waals surface area contributed by atoms with Crippen molar-refractivity contribution in [1.82, 2.24) is 9.97 Å². The average Bonchev–Trinajstić information content (AvgIpc) is 2.44. The minimum Gasteiger partial charge on any atom is -0.472 e. The zero-order chi connectivity index (χ0) is 13.5. The Labute approximate surface area is 112 Å². The Bertz CT molecular complexity index is 503. The van der Waals surface area contributed by atoms with E-state index >= 15 is 0 Å². The molecule has 2 rings (SSSR count). The second-order valence-corrected chi connectivity index (χ2v) is 4.25. The van der Waals surface area contributed by atoms with Crippen LogP contribution in [0.1, 0.15) is 12.5 Å². The minimum atomic E-state index is -0.435. The van der Waals surface area contributed by atoms with Crippen LogP contribution in [-0.2, 0) is 6.61 Å². The van der Waals surface area contributed by atoms with Crippen molar-refractivity contribution in [2.75, 3.05) is 11.9 Å². The van der Waals surface area contributed by atoms with E-state index in [2.05, 4.69) is 15.3 Å². The highest BCUT2D eigenvalue weighted by Gasteiger charge is 2.01. The molecular formula is C14H17N3O2. The van der Waals surface area contributed by atoms with Gasteiger partial charge in [-0.2, -0.15) is 4.98 Å². The van der Waals surface area contributed by atoms with Crippen molar-refractivity contribution >= 4 is 5.82 Å². The van der Waals surface area contributed by atoms with E-state index in [1.54, 1.807) is 19.3 Å². The molecule has 0 saturated heterocycles. The first-order chi connectivity index (χ1) is 9.24. The smallest absolute Gasteiger partial charge is 0.234 e. The van der Waals surface area contributed by atoms with Gasteiger partial charge in [0, 0.05) is 6.54 Å². The highest BCUT2D eigenvalue weighted by Crippen LogP contribution is 2.11. The predicted octanol–water partition coefficient (Wildman–Crippen LogP) is 1.85. The van der Waals surface area contributed by atoms with Crippen molar-refractivity contribution in [2.24, 2.45) is 0 Å². The van der Waals surface area contributed by atoms with Gasteiger partial charge in [-0.15, -0.1) is 0 Å². The lowest BCUT2D eigenvalue weighted by atomic mass is 10.2. The van der Waals surface area contributed by atoms with E-state index in [-0.39, 0.29) is 0 Å². The predicted molar refractivity (Wildman–Crippen MR) is 73.0 cm³/mol. The van der Waals surface area contributed by atoms with Gasteiger partial charge < -0.3 is 15.2 Å². The molecule has 0 radical (unpaired) electrons. The normalized spacial score (nSPS) is 11.9. The Hall–Kier alpha value is -2.14. The summed E-state index contributed by atoms with van der Waals surface area (Å²) in [7, 11) is 0. The summed E-state index contributed by atoms with van der Waals surface area (Å²) in [6.45, 7) is 2.59. The molecular weight excluding hydrogens is 242 g/mol. The third-order valence-electron chi connectivity index (χ3n) is 2.42. The first kappa shape index (κ1) is 13.3. The summed E-state index contributed by atoms with van der Waals surface area (Å²) in [6.07, 6.45) is 2.73. The van der Waals surface area contributed by atoms with E-state index < -0.39 is 6.10 Å². The monoisotopic (exact) mass is 259 g/mol. The van der Waals surface area contributed by atoms with E-state index in [4.69, 9.17) is 4.74 Å². The number of aliphatic hydroxyl groups is 1. The van der Waals surface area contributed by atoms with Crippen molar-refractivity contribution in [3.63, 3.8) is 0 Å². The number of nitrogens with zero attached hydrogens (tertiary/aromatic N) is 2. The van der Waals surface area contributed by atoms with Crippen LogP contribution in [0.4, 0.5) is 5.82 Å². The first-order valence-corrected chi connectivity index (χ1v) is 6.15. The number of rotatable bonds is 6. The van der Waals surface area contributed by atoms with Crippen molar-refractivity contribution in [2.45, 2.75) is 19.6 Å². The van der Waals surface area contributed by atoms with Crippen molar-refractivity contribution in [3.05, 3.63) is 48.3 Å². The molecule has 19 heavy (non-hydrogen) atoms. The number of aromatic nitrogens is 2. The van der Waals surface area contributed by atoms with Gasteiger partial charge in [0.1, 0.15) is 12.4 Å². The molecule has 0 aliphatic rings. The minimum absolute atomic E-state index is 0.427. The molecule has 0 fully saturated rings. The third kappa shape index (κ3) is 4.56. The fourth-order valence-electron chi connectivity index (χ4n) is 1.49. The van der Waals surface area contributed by atoms with Crippen molar-refractivity contribution < 1.29 is 9.84 Å². The van der Waals surface area contributed by atoms with Crippen molar-refractivity contribution in [3.8, 4) is 5.88 Å². The van der Waals surface area contributed by atoms with Gasteiger partial charge in [-0.1, -0.05) is 30.3 Å². The van der Waals surface area contributed by atoms with Crippen LogP contribution in [0.3, 0.4) is 0 Å². The topological polar surface area (TPSA) is 67.3 Å². The first-order valence-electron chi connectivity index (χ1n) is 6.15. The second kappa shape index (κ2) is 6.70. The van der Waals surface area contributed by atoms with Crippen LogP contribution in [0.25, 0.3) is 0 Å². The molecule has 5 nitrogen and oxygen atoms in total. The lowest BCUT2D eigenvalue weighted by Gasteiger charge is -2.09. The SMILES string of the molecule is CC(O)CNc1cncc(OCc2ccccc2)n1. The average molecular weight is 259 g/mol. The molecule has 0 aliphatic heterocycles. The summed E-state index contributed by atoms with van der Waals surface area (Å²) in [5.74, 6) is 1.05. The van der Waals surface area contributed by atoms with Crippen LogP contribution in [0.15, 0.2) is 42.7 Å². The fourth-order valence-corrected chi connectivity index (χ4v) is 1.49. The number of ether oxygens (including phenoxy) is 1. The number of hydrogen-bond acceptors (Lipinski definition) is 5. The van der Waals surface area contributed by atoms with Gasteiger partial charge in [0.15, 0.2) is 0 Å². The maximum atomic E-state index is 9.19. The maximum Gasteiger partial charge on any atom is 0.234 e. The van der Waals surface area contributed by atoms with Crippen LogP contribution in [0.5, 0.6) is 5.88 Å². The summed E-state index contributed by atoms with van der Waals surface area (Å²) in [6, 6.07) is 9.87. The molecule has 2 N–H and O–H groups in total. The molecule has 0 bridgehead atoms. The fraction of sp³-hybridized carbons (Fsp3) is 0.286. The third-order valence-corrected chi connectivity index (χ3v) is 2.42. The lowest BCUT2D eigenvalue weighted by Crippen LogP contribution is -2.16. The quantitative estimate of drug-likeness (QED) is 0.828. The molecule has 2 aromatic rings. The standard InChI is InChI=1S/C14H17N3O2/c1-11(18)7-16-13-8-15-9-14(17-13)19-10-12-5-3-2-4-6-12/h2-6,8-9,11,18H,7,10H2,1H3,(H,16,17). The Morgan fingerprint density at radius 2 is 2.05 bits per heavy atom. The molecule has 1 heterocycles. The van der Waals surface area contributed by atoms with Gasteiger partial charge in [0.05, 0.1) is 18.5 Å². The number of hydrogen-bond donors (Lipinski definition) is 2. The number of nitrogens with one attached hydrogen (secondary N) is 1. The second-order valence-electron chi connectivity index (χ2n) is 4.25. The van der Waals surface area contributed by atoms with Crippen LogP contribution in [-0.4, -0.2) is 27.7 Å². The Balaban J connectivity index is 1.91. The van der Waals surface area contributed by atoms with E-state index in [9.17, 15) is 5.11 Å². The summed E-state index contributed by atoms with van der Waals surface area (Å²) in [5, 5.41) is 12.2. The van der Waals surface area contributed by atoms with Crippen LogP contribution < -0.4 is 10.1 Å². The van der Waals surface area contributed by atoms with Crippen LogP contribution in [0.2, 0.25) is 0 Å². The molecule has 0 spiro atoms. The zero-order valence-corrected chi connectivity index (χ0v) is 10.8. The summed E-state index contributed by atoms with van der Waals surface area (Å²) in [5.41, 5.74) is 1.08. The molecule has 1 aromatic carbocycles. The van der Waals surface area contributed by atoms with Gasteiger partial charge in [-0.05, 0) is 12.5 Å². The highest BCUT2D eigenvalue weighted by atomic mass is 16.5. The Morgan fingerprint density at radius 3 is 2.79 bits per heavy atom. The maximum absolute atomic E-state index is 9.19. The molecule has 1 unspecified atom stereocenters. The molecule has 100 valence electrons. The van der Waals surface area contributed by atoms with E-state index in [0.717, 1.165) is 5.56 Å². The molecule has 0 saturated carbocycles. The molecule has 0 amide bonds. The highest BCUT2D eigenvalue weighted by molar-refractivity contribution is 5.33. The van der Waals surface area contributed by atoms with Gasteiger partial charge in [-0.3, -0.25) is 4.98 Å². The summed E-state index contributed by atoms with van der Waals surface area (Å²) >= 11 is 0. The summed E-state index contributed by atoms with van der Waals surface area (Å²) in [4.78, 5) is 8.30. The Kier molecular flexibility index (Phi) is 4.69. The van der Waals surface area contributed by atoms with Crippen molar-refractivity contribution in [1.29, 1.82) is 0 Å². The van der Waals surface area contributed by atoms with Gasteiger partial charge >= 0.3 is 0 Å². The van der Waals surface area contributed by atoms with Gasteiger partial charge in [0.25, 0.3) is 0 Å². The Morgan fingerprint density at radius 1 is 1.26 bits per heavy atom. The summed E-state index contributed by atoms with van der Waals surface area (Å²) < 4.78 is 5.56. The zero-order valence-electron chi connectivity index (χ0n) is 10.8. The van der Waals surface area contributed by atoms with E-state index in [1.165, 1.54) is 0 Å².